The maximum Gasteiger partial charge on any atom is 0.177 e. The van der Waals surface area contributed by atoms with Gasteiger partial charge in [-0.1, -0.05) is 35.9 Å². The molecule has 0 spiro atoms. The molecule has 25 heavy (non-hydrogen) atoms. The molecule has 0 aliphatic carbocycles. The minimum atomic E-state index is -0.122. The van der Waals surface area contributed by atoms with Gasteiger partial charge in [0.1, 0.15) is 12.4 Å². The minimum Gasteiger partial charge on any atom is -0.332 e. The van der Waals surface area contributed by atoms with E-state index in [9.17, 15) is 4.39 Å². The Bertz CT molecular complexity index is 762. The van der Waals surface area contributed by atoms with Gasteiger partial charge >= 0.3 is 0 Å². The van der Waals surface area contributed by atoms with Crippen LogP contribution in [0.1, 0.15) is 23.1 Å². The Kier molecular flexibility index (Phi) is 5.66. The summed E-state index contributed by atoms with van der Waals surface area (Å²) in [6.07, 6.45) is 1.05. The van der Waals surface area contributed by atoms with Crippen molar-refractivity contribution in [1.82, 2.24) is 4.90 Å². The van der Waals surface area contributed by atoms with E-state index in [0.717, 1.165) is 42.5 Å². The van der Waals surface area contributed by atoms with Crippen molar-refractivity contribution in [1.29, 1.82) is 0 Å². The third-order valence-corrected chi connectivity index (χ3v) is 5.04. The monoisotopic (exact) mass is 358 g/mol. The van der Waals surface area contributed by atoms with Crippen molar-refractivity contribution in [2.75, 3.05) is 25.1 Å². The Morgan fingerprint density at radius 2 is 2.04 bits per heavy atom. The van der Waals surface area contributed by atoms with E-state index in [1.54, 1.807) is 6.07 Å². The number of benzene rings is 2. The Hall–Kier alpha value is -1.98. The molecule has 1 saturated heterocycles. The van der Waals surface area contributed by atoms with Gasteiger partial charge in [0.2, 0.25) is 0 Å². The maximum absolute atomic E-state index is 13.9. The van der Waals surface area contributed by atoms with Gasteiger partial charge < -0.3 is 15.1 Å². The highest BCUT2D eigenvalue weighted by molar-refractivity contribution is 7.80. The molecule has 2 aromatic rings. The molecule has 5 heteroatoms. The average Bonchev–Trinajstić information content (AvgIpc) is 2.60. The fourth-order valence-electron chi connectivity index (χ4n) is 3.32. The molecule has 1 atom stereocenters. The minimum absolute atomic E-state index is 0.122. The number of nitrogens with zero attached hydrogens (tertiary/aromatic N) is 1. The molecule has 3 nitrogen and oxygen atoms in total. The number of nitrogens with one attached hydrogen (secondary N) is 2. The molecule has 1 unspecified atom stereocenters. The van der Waals surface area contributed by atoms with Gasteiger partial charge in [0, 0.05) is 24.2 Å². The Labute approximate surface area is 154 Å². The first-order chi connectivity index (χ1) is 12.0. The summed E-state index contributed by atoms with van der Waals surface area (Å²) in [6, 6.07) is 13.3. The normalized spacial score (nSPS) is 17.4. The van der Waals surface area contributed by atoms with Crippen LogP contribution in [0.15, 0.2) is 42.5 Å². The predicted octanol–water partition coefficient (Wildman–Crippen LogP) is 2.89. The van der Waals surface area contributed by atoms with Crippen LogP contribution in [0, 0.1) is 19.7 Å². The largest absolute Gasteiger partial charge is 0.332 e. The first-order valence-electron chi connectivity index (χ1n) is 8.73. The van der Waals surface area contributed by atoms with Crippen LogP contribution < -0.4 is 10.2 Å². The third kappa shape index (κ3) is 4.55. The summed E-state index contributed by atoms with van der Waals surface area (Å²) in [7, 11) is 0. The van der Waals surface area contributed by atoms with Crippen LogP contribution in [0.25, 0.3) is 0 Å². The second-order valence-electron chi connectivity index (χ2n) is 6.79. The number of halogens is 1. The van der Waals surface area contributed by atoms with Crippen LogP contribution in [0.4, 0.5) is 10.1 Å². The molecular formula is C20H25FN3S+. The molecule has 2 aromatic carbocycles. The maximum atomic E-state index is 13.9. The summed E-state index contributed by atoms with van der Waals surface area (Å²) in [5.41, 5.74) is 4.26. The van der Waals surface area contributed by atoms with E-state index in [4.69, 9.17) is 12.2 Å². The zero-order valence-corrected chi connectivity index (χ0v) is 15.6. The van der Waals surface area contributed by atoms with Crippen LogP contribution in [0.5, 0.6) is 0 Å². The quantitative estimate of drug-likeness (QED) is 0.823. The van der Waals surface area contributed by atoms with Crippen molar-refractivity contribution >= 4 is 23.0 Å². The summed E-state index contributed by atoms with van der Waals surface area (Å²) in [5, 5.41) is 4.12. The topological polar surface area (TPSA) is 19.7 Å². The van der Waals surface area contributed by atoms with Crippen molar-refractivity contribution < 1.29 is 9.29 Å². The Balaban J connectivity index is 1.62. The predicted molar refractivity (Wildman–Crippen MR) is 104 cm³/mol. The molecule has 0 saturated carbocycles. The highest BCUT2D eigenvalue weighted by Gasteiger charge is 2.23. The number of hydrogen-bond acceptors (Lipinski definition) is 1. The molecular weight excluding hydrogens is 333 g/mol. The van der Waals surface area contributed by atoms with Gasteiger partial charge in [0.05, 0.1) is 6.54 Å². The highest BCUT2D eigenvalue weighted by atomic mass is 32.1. The number of quaternary nitrogens is 1. The Morgan fingerprint density at radius 1 is 1.24 bits per heavy atom. The van der Waals surface area contributed by atoms with Gasteiger partial charge in [-0.3, -0.25) is 0 Å². The lowest BCUT2D eigenvalue weighted by atomic mass is 10.1. The molecule has 1 heterocycles. The summed E-state index contributed by atoms with van der Waals surface area (Å²) in [4.78, 5) is 3.52. The van der Waals surface area contributed by atoms with Crippen LogP contribution in [0.3, 0.4) is 0 Å². The van der Waals surface area contributed by atoms with Crippen molar-refractivity contribution in [3.05, 3.63) is 65.0 Å². The molecule has 0 amide bonds. The molecule has 1 aliphatic heterocycles. The fraction of sp³-hybridized carbons (Fsp3) is 0.350. The number of rotatable bonds is 3. The second kappa shape index (κ2) is 7.93. The molecule has 2 N–H and O–H groups in total. The van der Waals surface area contributed by atoms with E-state index in [1.165, 1.54) is 22.1 Å². The van der Waals surface area contributed by atoms with Crippen molar-refractivity contribution in [3.63, 3.8) is 0 Å². The zero-order valence-electron chi connectivity index (χ0n) is 14.8. The van der Waals surface area contributed by atoms with Gasteiger partial charge in [-0.2, -0.15) is 0 Å². The van der Waals surface area contributed by atoms with Gasteiger partial charge in [-0.25, -0.2) is 4.39 Å². The van der Waals surface area contributed by atoms with Gasteiger partial charge in [-0.05, 0) is 43.8 Å². The number of hydrogen-bond donors (Lipinski definition) is 2. The summed E-state index contributed by atoms with van der Waals surface area (Å²) < 4.78 is 13.9. The van der Waals surface area contributed by atoms with Gasteiger partial charge in [0.25, 0.3) is 0 Å². The average molecular weight is 359 g/mol. The van der Waals surface area contributed by atoms with E-state index < -0.39 is 0 Å². The smallest absolute Gasteiger partial charge is 0.177 e. The number of aryl methyl sites for hydroxylation is 2. The van der Waals surface area contributed by atoms with Crippen molar-refractivity contribution in [2.45, 2.75) is 26.8 Å². The van der Waals surface area contributed by atoms with Crippen LogP contribution in [-0.2, 0) is 6.54 Å². The van der Waals surface area contributed by atoms with Gasteiger partial charge in [-0.15, -0.1) is 0 Å². The molecule has 0 aromatic heterocycles. The summed E-state index contributed by atoms with van der Waals surface area (Å²) >= 11 is 5.62. The molecule has 132 valence electrons. The molecule has 1 fully saturated rings. The van der Waals surface area contributed by atoms with E-state index in [-0.39, 0.29) is 5.82 Å². The highest BCUT2D eigenvalue weighted by Crippen LogP contribution is 2.16. The lowest BCUT2D eigenvalue weighted by Gasteiger charge is -2.34. The van der Waals surface area contributed by atoms with E-state index in [0.29, 0.717) is 6.54 Å². The molecule has 3 rings (SSSR count). The van der Waals surface area contributed by atoms with Crippen molar-refractivity contribution in [2.24, 2.45) is 0 Å². The Morgan fingerprint density at radius 3 is 2.80 bits per heavy atom. The second-order valence-corrected chi connectivity index (χ2v) is 7.18. The van der Waals surface area contributed by atoms with E-state index in [2.05, 4.69) is 42.3 Å². The third-order valence-electron chi connectivity index (χ3n) is 4.68. The summed E-state index contributed by atoms with van der Waals surface area (Å²) in [6.45, 7) is 7.64. The van der Waals surface area contributed by atoms with Crippen molar-refractivity contribution in [3.8, 4) is 0 Å². The number of thiocarbonyl (C=S) groups is 1. The molecule has 0 bridgehead atoms. The van der Waals surface area contributed by atoms with E-state index >= 15 is 0 Å². The lowest BCUT2D eigenvalue weighted by Crippen LogP contribution is -3.13. The zero-order chi connectivity index (χ0) is 17.8. The summed E-state index contributed by atoms with van der Waals surface area (Å²) in [5.74, 6) is -0.122. The first-order valence-corrected chi connectivity index (χ1v) is 9.14. The standard InChI is InChI=1S/C20H24FN3S/c1-15-8-9-19(16(2)12-15)22-20(25)24-11-5-10-23(14-24)13-17-6-3-4-7-18(17)21/h3-4,6-9,12H,5,10-11,13-14H2,1-2H3,(H,22,25)/p+1. The van der Waals surface area contributed by atoms with Crippen LogP contribution in [-0.4, -0.2) is 29.8 Å². The van der Waals surface area contributed by atoms with Crippen LogP contribution >= 0.6 is 12.2 Å². The van der Waals surface area contributed by atoms with Gasteiger partial charge in [0.15, 0.2) is 11.8 Å². The number of anilines is 1. The molecule has 0 radical (unpaired) electrons. The van der Waals surface area contributed by atoms with Crippen LogP contribution in [0.2, 0.25) is 0 Å². The fourth-order valence-corrected chi connectivity index (χ4v) is 3.59. The lowest BCUT2D eigenvalue weighted by molar-refractivity contribution is -0.927. The molecule has 1 aliphatic rings. The first kappa shape index (κ1) is 17.8. The SMILES string of the molecule is Cc1ccc(NC(=S)N2CCC[NH+](Cc3ccccc3F)C2)c(C)c1. The van der Waals surface area contributed by atoms with E-state index in [1.807, 2.05) is 12.1 Å².